The van der Waals surface area contributed by atoms with Gasteiger partial charge in [0.1, 0.15) is 0 Å². The van der Waals surface area contributed by atoms with Crippen LogP contribution in [0.25, 0.3) is 0 Å². The molecule has 0 fully saturated rings. The van der Waals surface area contributed by atoms with Crippen LogP contribution in [0, 0.1) is 11.8 Å². The van der Waals surface area contributed by atoms with Gasteiger partial charge in [-0.05, 0) is 26.7 Å². The number of primary amides is 1. The fourth-order valence-electron chi connectivity index (χ4n) is 1.95. The molecule has 2 atom stereocenters. The van der Waals surface area contributed by atoms with E-state index in [-0.39, 0.29) is 65.7 Å². The Hall–Kier alpha value is -0.150. The number of nitrogens with one attached hydrogen (secondary N) is 1. The first-order valence-electron chi connectivity index (χ1n) is 6.43. The molecule has 0 radical (unpaired) electrons. The van der Waals surface area contributed by atoms with Gasteiger partial charge in [-0.15, -0.1) is 0 Å². The van der Waals surface area contributed by atoms with Gasteiger partial charge in [0.15, 0.2) is 0 Å². The van der Waals surface area contributed by atoms with Gasteiger partial charge in [-0.3, -0.25) is 9.59 Å². The summed E-state index contributed by atoms with van der Waals surface area (Å²) in [4.78, 5) is 23.1. The van der Waals surface area contributed by atoms with Crippen molar-refractivity contribution in [1.29, 1.82) is 0 Å². The Morgan fingerprint density at radius 1 is 1.16 bits per heavy atom. The first-order valence-corrected chi connectivity index (χ1v) is 8.00. The molecule has 2 unspecified atom stereocenters. The van der Waals surface area contributed by atoms with Crippen molar-refractivity contribution in [3.8, 4) is 0 Å². The average Bonchev–Trinajstić information content (AvgIpc) is 2.20. The van der Waals surface area contributed by atoms with E-state index in [1.807, 2.05) is 0 Å². The predicted octanol–water partition coefficient (Wildman–Crippen LogP) is -0.487. The molecule has 0 spiro atoms. The topological polar surface area (TPSA) is 129 Å². The molecule has 0 bridgehead atoms. The molecule has 0 aromatic carbocycles. The molecule has 0 saturated heterocycles. The maximum atomic E-state index is 12.0. The van der Waals surface area contributed by atoms with E-state index in [2.05, 4.69) is 5.32 Å². The molecule has 0 aliphatic rings. The maximum absolute atomic E-state index is 12.0. The molecule has 9 heteroatoms. The molecule has 25 heavy (non-hydrogen) atoms. The zero-order chi connectivity index (χ0) is 16.1. The zero-order valence-corrected chi connectivity index (χ0v) is 16.1. The van der Waals surface area contributed by atoms with Crippen molar-refractivity contribution < 1.29 is 52.1 Å². The smallest absolute Gasteiger partial charge is 0.748 e. The van der Waals surface area contributed by atoms with Gasteiger partial charge in [-0.1, -0.05) is 43.6 Å². The third-order valence-corrected chi connectivity index (χ3v) is 4.06. The quantitative estimate of drug-likeness (QED) is 0.424. The Balaban J connectivity index is -0.000000180. The average molecular weight is 395 g/mol. The summed E-state index contributed by atoms with van der Waals surface area (Å²) in [7, 11) is -4.43. The second-order valence-corrected chi connectivity index (χ2v) is 7.12. The molecule has 150 valence electrons. The van der Waals surface area contributed by atoms with Crippen LogP contribution < -0.4 is 40.6 Å². The number of carbonyl (C=O) groups is 2. The van der Waals surface area contributed by atoms with Crippen molar-refractivity contribution in [1.82, 2.24) is 5.32 Å². The van der Waals surface area contributed by atoms with Crippen molar-refractivity contribution in [2.45, 2.75) is 75.8 Å². The molecule has 0 aliphatic heterocycles. The molecule has 3 N–H and O–H groups in total. The molecular formula is C16H39N2NaO5S. The van der Waals surface area contributed by atoms with E-state index in [4.69, 9.17) is 5.73 Å². The Morgan fingerprint density at radius 2 is 1.56 bits per heavy atom. The van der Waals surface area contributed by atoms with E-state index >= 15 is 0 Å². The van der Waals surface area contributed by atoms with Crippen molar-refractivity contribution in [2.75, 3.05) is 5.75 Å². The summed E-state index contributed by atoms with van der Waals surface area (Å²) in [5.41, 5.74) is 4.06. The number of nitrogens with two attached hydrogens (primary N) is 1. The summed E-state index contributed by atoms with van der Waals surface area (Å²) in [5, 5.41) is 2.51. The Kier molecular flexibility index (Phi) is 25.5. The summed E-state index contributed by atoms with van der Waals surface area (Å²) in [6.45, 7) is 6.34. The summed E-state index contributed by atoms with van der Waals surface area (Å²) in [6.07, 6.45) is 0.823. The van der Waals surface area contributed by atoms with E-state index in [0.29, 0.717) is 6.42 Å². The first-order chi connectivity index (χ1) is 8.88. The normalized spacial score (nSPS) is 12.4. The van der Waals surface area contributed by atoms with E-state index in [1.165, 1.54) is 13.8 Å². The Morgan fingerprint density at radius 3 is 1.84 bits per heavy atom. The number of hydrogen-bond acceptors (Lipinski definition) is 5. The second-order valence-electron chi connectivity index (χ2n) is 5.72. The summed E-state index contributed by atoms with van der Waals surface area (Å²) < 4.78 is 32.2. The minimum atomic E-state index is -4.43. The summed E-state index contributed by atoms with van der Waals surface area (Å²) in [5.74, 6) is -2.46. The van der Waals surface area contributed by atoms with E-state index in [0.717, 1.165) is 0 Å². The fourth-order valence-corrected chi connectivity index (χ4v) is 2.91. The maximum Gasteiger partial charge on any atom is 1.00 e. The van der Waals surface area contributed by atoms with Gasteiger partial charge in [0, 0.05) is 17.4 Å². The molecule has 0 saturated carbocycles. The van der Waals surface area contributed by atoms with Crippen LogP contribution in [-0.2, 0) is 19.7 Å². The van der Waals surface area contributed by atoms with E-state index in [9.17, 15) is 22.6 Å². The van der Waals surface area contributed by atoms with Crippen LogP contribution in [-0.4, -0.2) is 36.1 Å². The van der Waals surface area contributed by atoms with Crippen molar-refractivity contribution in [3.63, 3.8) is 0 Å². The molecule has 7 nitrogen and oxygen atoms in total. The van der Waals surface area contributed by atoms with Crippen LogP contribution in [0.4, 0.5) is 0 Å². The van der Waals surface area contributed by atoms with Crippen LogP contribution in [0.15, 0.2) is 0 Å². The molecule has 0 aromatic rings. The van der Waals surface area contributed by atoms with Gasteiger partial charge in [0.05, 0.1) is 15.9 Å². The number of carbonyl (C=O) groups excluding carboxylic acids is 2. The van der Waals surface area contributed by atoms with Crippen LogP contribution in [0.5, 0.6) is 0 Å². The van der Waals surface area contributed by atoms with Gasteiger partial charge >= 0.3 is 29.6 Å². The Bertz CT molecular complexity index is 467. The van der Waals surface area contributed by atoms with Crippen LogP contribution in [0.1, 0.15) is 70.2 Å². The van der Waals surface area contributed by atoms with Gasteiger partial charge < -0.3 is 15.6 Å². The summed E-state index contributed by atoms with van der Waals surface area (Å²) >= 11 is 0. The van der Waals surface area contributed by atoms with Gasteiger partial charge in [-0.25, -0.2) is 8.42 Å². The monoisotopic (exact) mass is 394 g/mol. The van der Waals surface area contributed by atoms with Gasteiger partial charge in [0.25, 0.3) is 0 Å². The molecular weight excluding hydrogens is 355 g/mol. The standard InChI is InChI=1S/C12H24N2O5S.4CH4.Na/c1-5-9(10(13)15)6-8(2)11(16)14-12(3,4)7-20(17,18)19;;;;;/h8-9H,5-7H2,1-4H3,(H2,13,15)(H,14,16)(H,17,18,19);4*1H4;/q;;;;;+1/p-1. The van der Waals surface area contributed by atoms with E-state index < -0.39 is 45.1 Å². The minimum absolute atomic E-state index is 0. The third kappa shape index (κ3) is 18.4. The fraction of sp³-hybridized carbons (Fsp3) is 0.875. The van der Waals surface area contributed by atoms with E-state index in [1.54, 1.807) is 13.8 Å². The molecule has 0 aliphatic carbocycles. The molecule has 0 rings (SSSR count). The van der Waals surface area contributed by atoms with Gasteiger partial charge in [0.2, 0.25) is 11.8 Å². The summed E-state index contributed by atoms with van der Waals surface area (Å²) in [6, 6.07) is 0. The van der Waals surface area contributed by atoms with Crippen molar-refractivity contribution >= 4 is 21.9 Å². The predicted molar refractivity (Wildman–Crippen MR) is 100 cm³/mol. The first kappa shape index (κ1) is 39.8. The van der Waals surface area contributed by atoms with Crippen LogP contribution >= 0.6 is 0 Å². The van der Waals surface area contributed by atoms with Crippen LogP contribution in [0.2, 0.25) is 0 Å². The molecule has 0 heterocycles. The van der Waals surface area contributed by atoms with Crippen molar-refractivity contribution in [3.05, 3.63) is 0 Å². The third-order valence-electron chi connectivity index (χ3n) is 2.98. The van der Waals surface area contributed by atoms with Crippen molar-refractivity contribution in [2.24, 2.45) is 17.6 Å². The number of amides is 2. The van der Waals surface area contributed by atoms with Crippen LogP contribution in [0.3, 0.4) is 0 Å². The SMILES string of the molecule is C.C.C.C.CCC(CC(C)C(=O)NC(C)(C)CS(=O)(=O)[O-])C(N)=O.[Na+]. The zero-order valence-electron chi connectivity index (χ0n) is 13.3. The largest absolute Gasteiger partial charge is 1.00 e. The number of hydrogen-bond donors (Lipinski definition) is 2. The molecule has 0 aromatic heterocycles. The minimum Gasteiger partial charge on any atom is -0.748 e. The molecule has 2 amide bonds. The Labute approximate surface area is 177 Å². The van der Waals surface area contributed by atoms with Gasteiger partial charge in [-0.2, -0.15) is 0 Å². The second kappa shape index (κ2) is 16.1. The number of rotatable bonds is 8.